The largest absolute Gasteiger partial charge is 0.453 e. The molecule has 6 nitrogen and oxygen atoms in total. The number of hydrogen-bond acceptors (Lipinski definition) is 5. The van der Waals surface area contributed by atoms with Crippen LogP contribution in [0.25, 0.3) is 0 Å². The number of hydrazone groups is 1. The quantitative estimate of drug-likeness (QED) is 0.159. The molecule has 1 aliphatic carbocycles. The molecule has 1 aromatic heterocycles. The molecule has 0 saturated heterocycles. The predicted octanol–water partition coefficient (Wildman–Crippen LogP) is 7.10. The summed E-state index contributed by atoms with van der Waals surface area (Å²) in [7, 11) is 0. The van der Waals surface area contributed by atoms with E-state index in [4.69, 9.17) is 32.4 Å². The van der Waals surface area contributed by atoms with Crippen LogP contribution in [0.3, 0.4) is 0 Å². The van der Waals surface area contributed by atoms with Gasteiger partial charge in [0, 0.05) is 22.6 Å². The van der Waals surface area contributed by atoms with Crippen LogP contribution < -0.4 is 10.2 Å². The van der Waals surface area contributed by atoms with Crippen LogP contribution in [0.1, 0.15) is 57.3 Å². The van der Waals surface area contributed by atoms with E-state index in [0.717, 1.165) is 23.1 Å². The summed E-state index contributed by atoms with van der Waals surface area (Å²) in [6, 6.07) is 23.8. The monoisotopic (exact) mass is 546 g/mol. The summed E-state index contributed by atoms with van der Waals surface area (Å²) < 4.78 is 11.4. The van der Waals surface area contributed by atoms with Crippen molar-refractivity contribution in [3.05, 3.63) is 123 Å². The molecule has 1 N–H and O–H groups in total. The summed E-state index contributed by atoms with van der Waals surface area (Å²) in [5, 5.41) is 5.16. The number of halogens is 2. The Labute approximate surface area is 230 Å². The molecule has 0 spiro atoms. The molecule has 0 saturated carbocycles. The summed E-state index contributed by atoms with van der Waals surface area (Å²) >= 11 is 12.1. The van der Waals surface area contributed by atoms with Gasteiger partial charge in [0.25, 0.3) is 5.91 Å². The number of carbonyl (C=O) groups is 2. The van der Waals surface area contributed by atoms with Crippen LogP contribution in [0.5, 0.6) is 5.75 Å². The fourth-order valence-electron chi connectivity index (χ4n) is 4.65. The van der Waals surface area contributed by atoms with Crippen molar-refractivity contribution in [1.82, 2.24) is 5.43 Å². The van der Waals surface area contributed by atoms with Crippen molar-refractivity contribution in [3.63, 3.8) is 0 Å². The lowest BCUT2D eigenvalue weighted by Crippen LogP contribution is -2.28. The number of nitrogens with one attached hydrogen (secondary N) is 1. The minimum absolute atomic E-state index is 0.0772. The lowest BCUT2D eigenvalue weighted by molar-refractivity contribution is -0.121. The molecule has 38 heavy (non-hydrogen) atoms. The smallest absolute Gasteiger partial charge is 0.379 e. The molecule has 0 radical (unpaired) electrons. The van der Waals surface area contributed by atoms with Gasteiger partial charge in [0.05, 0.1) is 16.7 Å². The van der Waals surface area contributed by atoms with Gasteiger partial charge in [0.2, 0.25) is 5.76 Å². The Balaban J connectivity index is 1.40. The maximum atomic E-state index is 13.4. The minimum atomic E-state index is -0.669. The van der Waals surface area contributed by atoms with Crippen LogP contribution >= 0.6 is 23.2 Å². The molecular formula is C30H24Cl2N2O4. The van der Waals surface area contributed by atoms with Crippen molar-refractivity contribution in [2.24, 2.45) is 5.10 Å². The molecule has 4 aromatic rings. The third-order valence-corrected chi connectivity index (χ3v) is 6.97. The Morgan fingerprint density at radius 3 is 2.24 bits per heavy atom. The van der Waals surface area contributed by atoms with Gasteiger partial charge >= 0.3 is 5.97 Å². The van der Waals surface area contributed by atoms with E-state index >= 15 is 0 Å². The number of nitrogens with zero attached hydrogens (tertiary/aromatic N) is 1. The van der Waals surface area contributed by atoms with Gasteiger partial charge in [-0.1, -0.05) is 83.9 Å². The lowest BCUT2D eigenvalue weighted by atomic mass is 9.91. The zero-order chi connectivity index (χ0) is 26.6. The maximum Gasteiger partial charge on any atom is 0.379 e. The van der Waals surface area contributed by atoms with Gasteiger partial charge in [-0.05, 0) is 49.1 Å². The molecule has 3 aromatic carbocycles. The van der Waals surface area contributed by atoms with Crippen LogP contribution in [-0.4, -0.2) is 17.6 Å². The van der Waals surface area contributed by atoms with Gasteiger partial charge < -0.3 is 9.15 Å². The summed E-state index contributed by atoms with van der Waals surface area (Å²) in [5.74, 6) is -0.543. The van der Waals surface area contributed by atoms with Gasteiger partial charge in [0.15, 0.2) is 0 Å². The first-order valence-electron chi connectivity index (χ1n) is 12.2. The molecule has 0 bridgehead atoms. The normalized spacial score (nSPS) is 13.8. The summed E-state index contributed by atoms with van der Waals surface area (Å²) in [6.45, 7) is 1.78. The van der Waals surface area contributed by atoms with E-state index in [1.807, 2.05) is 60.7 Å². The average Bonchev–Trinajstić information content (AvgIpc) is 3.27. The van der Waals surface area contributed by atoms with Crippen LogP contribution in [0.15, 0.2) is 88.4 Å². The summed E-state index contributed by atoms with van der Waals surface area (Å²) in [6.07, 6.45) is 2.05. The highest BCUT2D eigenvalue weighted by Crippen LogP contribution is 2.33. The van der Waals surface area contributed by atoms with Crippen LogP contribution in [0.2, 0.25) is 10.0 Å². The zero-order valence-electron chi connectivity index (χ0n) is 20.5. The molecule has 0 aliphatic heterocycles. The highest BCUT2D eigenvalue weighted by Gasteiger charge is 2.30. The minimum Gasteiger partial charge on any atom is -0.453 e. The number of benzene rings is 3. The Morgan fingerprint density at radius 2 is 1.61 bits per heavy atom. The topological polar surface area (TPSA) is 80.9 Å². The third kappa shape index (κ3) is 5.37. The molecule has 0 unspecified atom stereocenters. The van der Waals surface area contributed by atoms with Gasteiger partial charge in [0.1, 0.15) is 11.5 Å². The Bertz CT molecular complexity index is 1470. The van der Waals surface area contributed by atoms with Crippen molar-refractivity contribution in [1.29, 1.82) is 0 Å². The van der Waals surface area contributed by atoms with E-state index in [1.165, 1.54) is 12.1 Å². The molecule has 1 amide bonds. The number of aryl methyl sites for hydroxylation is 1. The standard InChI is InChI=1S/C30H24Cl2N2O4/c1-18-26-23(33-34-29(35)27(19-9-4-2-5-10-19)20-11-6-3-7-12-20)13-8-14-25(26)37-28(18)30(36)38-24-16-15-21(31)17-22(24)32/h2-7,9-12,15-17,27H,8,13-14H2,1H3,(H,34,35)/b33-23+. The number of furan rings is 1. The van der Waals surface area contributed by atoms with Gasteiger partial charge in [-0.2, -0.15) is 5.10 Å². The predicted molar refractivity (Wildman–Crippen MR) is 147 cm³/mol. The highest BCUT2D eigenvalue weighted by atomic mass is 35.5. The van der Waals surface area contributed by atoms with Crippen molar-refractivity contribution >= 4 is 40.8 Å². The first-order chi connectivity index (χ1) is 18.4. The molecular weight excluding hydrogens is 523 g/mol. The van der Waals surface area contributed by atoms with E-state index in [2.05, 4.69) is 10.5 Å². The first-order valence-corrected chi connectivity index (χ1v) is 12.9. The zero-order valence-corrected chi connectivity index (χ0v) is 22.1. The van der Waals surface area contributed by atoms with Crippen molar-refractivity contribution in [2.75, 3.05) is 0 Å². The number of fused-ring (bicyclic) bond motifs is 1. The van der Waals surface area contributed by atoms with Crippen LogP contribution in [0.4, 0.5) is 0 Å². The Hall–Kier alpha value is -3.87. The molecule has 0 fully saturated rings. The average molecular weight is 547 g/mol. The van der Waals surface area contributed by atoms with E-state index < -0.39 is 11.9 Å². The van der Waals surface area contributed by atoms with E-state index in [0.29, 0.717) is 34.9 Å². The van der Waals surface area contributed by atoms with Crippen molar-refractivity contribution in [2.45, 2.75) is 32.1 Å². The highest BCUT2D eigenvalue weighted by molar-refractivity contribution is 6.35. The van der Waals surface area contributed by atoms with E-state index in [-0.39, 0.29) is 22.4 Å². The molecule has 0 atom stereocenters. The van der Waals surface area contributed by atoms with Crippen LogP contribution in [0, 0.1) is 6.92 Å². The fraction of sp³-hybridized carbons (Fsp3) is 0.167. The van der Waals surface area contributed by atoms with E-state index in [1.54, 1.807) is 13.0 Å². The van der Waals surface area contributed by atoms with Crippen molar-refractivity contribution < 1.29 is 18.7 Å². The van der Waals surface area contributed by atoms with Gasteiger partial charge in [-0.3, -0.25) is 4.79 Å². The Morgan fingerprint density at radius 1 is 0.947 bits per heavy atom. The molecule has 8 heteroatoms. The van der Waals surface area contributed by atoms with Crippen molar-refractivity contribution in [3.8, 4) is 5.75 Å². The van der Waals surface area contributed by atoms with E-state index in [9.17, 15) is 9.59 Å². The Kier molecular flexibility index (Phi) is 7.63. The van der Waals surface area contributed by atoms with Crippen LogP contribution in [-0.2, 0) is 11.2 Å². The van der Waals surface area contributed by atoms with Gasteiger partial charge in [-0.15, -0.1) is 0 Å². The number of amides is 1. The number of carbonyl (C=O) groups excluding carboxylic acids is 2. The van der Waals surface area contributed by atoms with Gasteiger partial charge in [-0.25, -0.2) is 10.2 Å². The number of esters is 1. The summed E-state index contributed by atoms with van der Waals surface area (Å²) in [5.41, 5.74) is 6.49. The SMILES string of the molecule is Cc1c(C(=O)Oc2ccc(Cl)cc2Cl)oc2c1/C(=N/NC(=O)C(c1ccccc1)c1ccccc1)CCC2. The number of hydrogen-bond donors (Lipinski definition) is 1. The third-order valence-electron chi connectivity index (χ3n) is 6.44. The molecule has 5 rings (SSSR count). The lowest BCUT2D eigenvalue weighted by Gasteiger charge is -2.18. The molecule has 192 valence electrons. The second-order valence-corrected chi connectivity index (χ2v) is 9.80. The fourth-order valence-corrected chi connectivity index (χ4v) is 5.10. The second kappa shape index (κ2) is 11.3. The summed E-state index contributed by atoms with van der Waals surface area (Å²) in [4.78, 5) is 26.4. The number of rotatable bonds is 6. The first kappa shape index (κ1) is 25.8. The second-order valence-electron chi connectivity index (χ2n) is 8.96. The maximum absolute atomic E-state index is 13.4. The molecule has 1 heterocycles. The number of ether oxygens (including phenoxy) is 1. The molecule has 1 aliphatic rings.